The van der Waals surface area contributed by atoms with Crippen molar-refractivity contribution in [1.29, 1.82) is 0 Å². The lowest BCUT2D eigenvalue weighted by molar-refractivity contribution is 0.563. The summed E-state index contributed by atoms with van der Waals surface area (Å²) in [5, 5.41) is 0.936. The lowest BCUT2D eigenvalue weighted by Gasteiger charge is -2.05. The van der Waals surface area contributed by atoms with Gasteiger partial charge in [-0.3, -0.25) is 0 Å². The van der Waals surface area contributed by atoms with Crippen molar-refractivity contribution in [2.24, 2.45) is 0 Å². The first kappa shape index (κ1) is 12.2. The number of halogens is 1. The van der Waals surface area contributed by atoms with Crippen LogP contribution in [0.4, 0.5) is 0 Å². The largest absolute Gasteiger partial charge is 0.422 e. The molecular formula is C16H11BrO2. The summed E-state index contributed by atoms with van der Waals surface area (Å²) in [7, 11) is 0. The van der Waals surface area contributed by atoms with Crippen molar-refractivity contribution in [3.63, 3.8) is 0 Å². The summed E-state index contributed by atoms with van der Waals surface area (Å²) in [4.78, 5) is 12.1. The standard InChI is InChI=1S/C16H11BrO2/c1-10-6-7-15-11(8-10)9-13(16(18)19-15)12-4-2-3-5-14(12)17/h2-9H,1H3. The number of hydrogen-bond acceptors (Lipinski definition) is 2. The molecule has 2 nitrogen and oxygen atoms in total. The normalized spacial score (nSPS) is 10.8. The van der Waals surface area contributed by atoms with Gasteiger partial charge in [0.05, 0.1) is 5.56 Å². The van der Waals surface area contributed by atoms with E-state index >= 15 is 0 Å². The molecule has 19 heavy (non-hydrogen) atoms. The van der Waals surface area contributed by atoms with Crippen molar-refractivity contribution in [2.45, 2.75) is 6.92 Å². The fourth-order valence-electron chi connectivity index (χ4n) is 2.11. The summed E-state index contributed by atoms with van der Waals surface area (Å²) in [6, 6.07) is 15.3. The molecule has 94 valence electrons. The molecule has 0 unspecified atom stereocenters. The third-order valence-corrected chi connectivity index (χ3v) is 3.74. The van der Waals surface area contributed by atoms with E-state index in [9.17, 15) is 4.79 Å². The summed E-state index contributed by atoms with van der Waals surface area (Å²) in [5.74, 6) is 0. The van der Waals surface area contributed by atoms with Crippen LogP contribution in [-0.2, 0) is 0 Å². The summed E-state index contributed by atoms with van der Waals surface area (Å²) in [6.07, 6.45) is 0. The molecule has 3 aromatic rings. The first-order chi connectivity index (χ1) is 9.15. The van der Waals surface area contributed by atoms with Gasteiger partial charge in [-0.25, -0.2) is 4.79 Å². The quantitative estimate of drug-likeness (QED) is 0.618. The molecule has 0 fully saturated rings. The minimum atomic E-state index is -0.316. The lowest BCUT2D eigenvalue weighted by Crippen LogP contribution is -2.03. The van der Waals surface area contributed by atoms with Crippen LogP contribution in [0.2, 0.25) is 0 Å². The number of hydrogen-bond donors (Lipinski definition) is 0. The molecule has 0 aliphatic rings. The van der Waals surface area contributed by atoms with Crippen molar-refractivity contribution >= 4 is 26.9 Å². The maximum atomic E-state index is 12.1. The Morgan fingerprint density at radius 1 is 1.00 bits per heavy atom. The van der Waals surface area contributed by atoms with Crippen LogP contribution in [0.25, 0.3) is 22.1 Å². The third-order valence-electron chi connectivity index (χ3n) is 3.05. The molecule has 0 saturated carbocycles. The topological polar surface area (TPSA) is 30.2 Å². The van der Waals surface area contributed by atoms with Gasteiger partial charge in [-0.05, 0) is 31.2 Å². The number of rotatable bonds is 1. The third kappa shape index (κ3) is 2.22. The molecule has 0 N–H and O–H groups in total. The predicted octanol–water partition coefficient (Wildman–Crippen LogP) is 4.53. The second kappa shape index (κ2) is 4.67. The van der Waals surface area contributed by atoms with Gasteiger partial charge in [0.25, 0.3) is 0 Å². The van der Waals surface area contributed by atoms with Gasteiger partial charge in [0.2, 0.25) is 0 Å². The van der Waals surface area contributed by atoms with Gasteiger partial charge >= 0.3 is 5.63 Å². The maximum Gasteiger partial charge on any atom is 0.344 e. The van der Waals surface area contributed by atoms with Gasteiger partial charge in [0, 0.05) is 15.4 Å². The molecule has 0 aliphatic heterocycles. The Balaban J connectivity index is 2.33. The van der Waals surface area contributed by atoms with Crippen molar-refractivity contribution in [1.82, 2.24) is 0 Å². The van der Waals surface area contributed by atoms with E-state index in [-0.39, 0.29) is 5.63 Å². The Hall–Kier alpha value is -1.87. The Kier molecular flexibility index (Phi) is 2.99. The molecule has 0 aliphatic carbocycles. The zero-order chi connectivity index (χ0) is 13.4. The molecule has 0 bridgehead atoms. The van der Waals surface area contributed by atoms with Gasteiger partial charge < -0.3 is 4.42 Å². The molecule has 2 aromatic carbocycles. The fraction of sp³-hybridized carbons (Fsp3) is 0.0625. The first-order valence-electron chi connectivity index (χ1n) is 5.94. The molecule has 3 rings (SSSR count). The maximum absolute atomic E-state index is 12.1. The monoisotopic (exact) mass is 314 g/mol. The zero-order valence-electron chi connectivity index (χ0n) is 10.3. The highest BCUT2D eigenvalue weighted by Gasteiger charge is 2.10. The summed E-state index contributed by atoms with van der Waals surface area (Å²) < 4.78 is 6.26. The average Bonchev–Trinajstić information content (AvgIpc) is 2.39. The van der Waals surface area contributed by atoms with Gasteiger partial charge in [-0.1, -0.05) is 45.8 Å². The number of benzene rings is 2. The van der Waals surface area contributed by atoms with Crippen LogP contribution in [-0.4, -0.2) is 0 Å². The van der Waals surface area contributed by atoms with Crippen LogP contribution in [0.3, 0.4) is 0 Å². The number of aryl methyl sites for hydroxylation is 1. The Labute approximate surface area is 118 Å². The van der Waals surface area contributed by atoms with Crippen LogP contribution in [0.15, 0.2) is 62.2 Å². The van der Waals surface area contributed by atoms with Crippen molar-refractivity contribution < 1.29 is 4.42 Å². The zero-order valence-corrected chi connectivity index (χ0v) is 11.9. The SMILES string of the molecule is Cc1ccc2oc(=O)c(-c3ccccc3Br)cc2c1. The summed E-state index contributed by atoms with van der Waals surface area (Å²) in [5.41, 5.74) is 2.86. The highest BCUT2D eigenvalue weighted by atomic mass is 79.9. The van der Waals surface area contributed by atoms with Gasteiger partial charge in [-0.15, -0.1) is 0 Å². The van der Waals surface area contributed by atoms with E-state index in [4.69, 9.17) is 4.42 Å². The van der Waals surface area contributed by atoms with E-state index in [1.807, 2.05) is 55.5 Å². The second-order valence-electron chi connectivity index (χ2n) is 4.47. The minimum Gasteiger partial charge on any atom is -0.422 e. The van der Waals surface area contributed by atoms with Crippen molar-refractivity contribution in [3.8, 4) is 11.1 Å². The predicted molar refractivity (Wildman–Crippen MR) is 80.4 cm³/mol. The molecule has 0 spiro atoms. The highest BCUT2D eigenvalue weighted by molar-refractivity contribution is 9.10. The molecule has 0 radical (unpaired) electrons. The minimum absolute atomic E-state index is 0.316. The van der Waals surface area contributed by atoms with E-state index in [0.29, 0.717) is 11.1 Å². The molecule has 0 saturated heterocycles. The first-order valence-corrected chi connectivity index (χ1v) is 6.74. The van der Waals surface area contributed by atoms with Crippen LogP contribution in [0, 0.1) is 6.92 Å². The van der Waals surface area contributed by atoms with E-state index in [1.165, 1.54) is 0 Å². The van der Waals surface area contributed by atoms with Crippen LogP contribution in [0.5, 0.6) is 0 Å². The summed E-state index contributed by atoms with van der Waals surface area (Å²) >= 11 is 3.47. The van der Waals surface area contributed by atoms with Crippen molar-refractivity contribution in [2.75, 3.05) is 0 Å². The van der Waals surface area contributed by atoms with Crippen molar-refractivity contribution in [3.05, 3.63) is 69.0 Å². The smallest absolute Gasteiger partial charge is 0.344 e. The van der Waals surface area contributed by atoms with Gasteiger partial charge in [-0.2, -0.15) is 0 Å². The Morgan fingerprint density at radius 2 is 1.79 bits per heavy atom. The molecule has 0 atom stereocenters. The highest BCUT2D eigenvalue weighted by Crippen LogP contribution is 2.27. The van der Waals surface area contributed by atoms with Crippen LogP contribution in [0.1, 0.15) is 5.56 Å². The summed E-state index contributed by atoms with van der Waals surface area (Å²) in [6.45, 7) is 2.02. The molecule has 3 heteroatoms. The molecule has 1 heterocycles. The van der Waals surface area contributed by atoms with Crippen LogP contribution >= 0.6 is 15.9 Å². The molecular weight excluding hydrogens is 304 g/mol. The lowest BCUT2D eigenvalue weighted by atomic mass is 10.1. The van der Waals surface area contributed by atoms with E-state index < -0.39 is 0 Å². The molecule has 1 aromatic heterocycles. The van der Waals surface area contributed by atoms with Gasteiger partial charge in [0.1, 0.15) is 5.58 Å². The Morgan fingerprint density at radius 3 is 2.58 bits per heavy atom. The van der Waals surface area contributed by atoms with Gasteiger partial charge in [0.15, 0.2) is 0 Å². The van der Waals surface area contributed by atoms with E-state index in [1.54, 1.807) is 0 Å². The van der Waals surface area contributed by atoms with E-state index in [0.717, 1.165) is 21.0 Å². The molecule has 0 amide bonds. The Bertz CT molecular complexity index is 818. The average molecular weight is 315 g/mol. The van der Waals surface area contributed by atoms with E-state index in [2.05, 4.69) is 15.9 Å². The fourth-order valence-corrected chi connectivity index (χ4v) is 2.61. The second-order valence-corrected chi connectivity index (χ2v) is 5.32. The van der Waals surface area contributed by atoms with Crippen LogP contribution < -0.4 is 5.63 Å². The number of fused-ring (bicyclic) bond motifs is 1.